The number of hydrogen-bond donors (Lipinski definition) is 2. The molecule has 5 heteroatoms. The zero-order valence-electron chi connectivity index (χ0n) is 10.5. The van der Waals surface area contributed by atoms with Crippen LogP contribution in [0, 0.1) is 0 Å². The quantitative estimate of drug-likeness (QED) is 0.720. The number of H-pyrrole nitrogens is 1. The number of imidazole rings is 1. The molecule has 0 saturated carbocycles. The Morgan fingerprint density at radius 1 is 1.10 bits per heavy atom. The van der Waals surface area contributed by atoms with E-state index in [4.69, 9.17) is 0 Å². The van der Waals surface area contributed by atoms with E-state index < -0.39 is 11.2 Å². The molecule has 20 heavy (non-hydrogen) atoms. The number of carboxylic acids is 1. The summed E-state index contributed by atoms with van der Waals surface area (Å²) in [6.45, 7) is 0. The van der Waals surface area contributed by atoms with Gasteiger partial charge in [-0.05, 0) is 17.7 Å². The molecule has 3 aromatic rings. The van der Waals surface area contributed by atoms with E-state index in [1.165, 1.54) is 11.8 Å². The van der Waals surface area contributed by atoms with Gasteiger partial charge in [-0.25, -0.2) is 4.98 Å². The van der Waals surface area contributed by atoms with Gasteiger partial charge in [-0.15, -0.1) is 0 Å². The molecule has 3 rings (SSSR count). The van der Waals surface area contributed by atoms with Gasteiger partial charge in [0.2, 0.25) is 0 Å². The van der Waals surface area contributed by atoms with Crippen LogP contribution in [0.1, 0.15) is 10.8 Å². The number of benzene rings is 2. The maximum Gasteiger partial charge on any atom is 0.321 e. The summed E-state index contributed by atoms with van der Waals surface area (Å²) in [7, 11) is 0. The van der Waals surface area contributed by atoms with Crippen molar-refractivity contribution >= 4 is 28.8 Å². The molecule has 1 atom stereocenters. The lowest BCUT2D eigenvalue weighted by Crippen LogP contribution is -2.08. The number of aliphatic carboxylic acids is 1. The monoisotopic (exact) mass is 284 g/mol. The Labute approximate surface area is 119 Å². The normalized spacial score (nSPS) is 12.4. The molecule has 0 aliphatic rings. The zero-order chi connectivity index (χ0) is 13.9. The van der Waals surface area contributed by atoms with Crippen LogP contribution in [-0.2, 0) is 4.79 Å². The van der Waals surface area contributed by atoms with Gasteiger partial charge in [0.25, 0.3) is 0 Å². The molecule has 0 radical (unpaired) electrons. The van der Waals surface area contributed by atoms with Crippen molar-refractivity contribution in [3.8, 4) is 0 Å². The summed E-state index contributed by atoms with van der Waals surface area (Å²) in [6.07, 6.45) is 0. The Morgan fingerprint density at radius 3 is 2.50 bits per heavy atom. The van der Waals surface area contributed by atoms with Crippen molar-refractivity contribution in [3.63, 3.8) is 0 Å². The number of nitrogens with one attached hydrogen (secondary N) is 1. The third-order valence-corrected chi connectivity index (χ3v) is 4.05. The third-order valence-electron chi connectivity index (χ3n) is 2.92. The number of thioether (sulfide) groups is 1. The highest BCUT2D eigenvalue weighted by Gasteiger charge is 2.22. The van der Waals surface area contributed by atoms with Gasteiger partial charge in [0, 0.05) is 0 Å². The SMILES string of the molecule is O=C(O)C(Sc1nc2ccccc2[nH]1)c1ccccc1. The topological polar surface area (TPSA) is 66.0 Å². The van der Waals surface area contributed by atoms with E-state index >= 15 is 0 Å². The van der Waals surface area contributed by atoms with Crippen LogP contribution in [0.2, 0.25) is 0 Å². The lowest BCUT2D eigenvalue weighted by molar-refractivity contribution is -0.136. The molecule has 4 nitrogen and oxygen atoms in total. The van der Waals surface area contributed by atoms with E-state index in [0.29, 0.717) is 5.16 Å². The summed E-state index contributed by atoms with van der Waals surface area (Å²) >= 11 is 1.21. The van der Waals surface area contributed by atoms with E-state index in [1.807, 2.05) is 54.6 Å². The highest BCUT2D eigenvalue weighted by Crippen LogP contribution is 2.34. The van der Waals surface area contributed by atoms with Crippen molar-refractivity contribution < 1.29 is 9.90 Å². The van der Waals surface area contributed by atoms with Crippen LogP contribution in [0.25, 0.3) is 11.0 Å². The first-order valence-electron chi connectivity index (χ1n) is 6.13. The van der Waals surface area contributed by atoms with Gasteiger partial charge in [0.15, 0.2) is 5.16 Å². The highest BCUT2D eigenvalue weighted by atomic mass is 32.2. The second-order valence-electron chi connectivity index (χ2n) is 4.31. The van der Waals surface area contributed by atoms with Crippen LogP contribution < -0.4 is 0 Å². The van der Waals surface area contributed by atoms with E-state index in [0.717, 1.165) is 16.6 Å². The Hall–Kier alpha value is -2.27. The van der Waals surface area contributed by atoms with Crippen LogP contribution >= 0.6 is 11.8 Å². The predicted molar refractivity (Wildman–Crippen MR) is 78.8 cm³/mol. The predicted octanol–water partition coefficient (Wildman–Crippen LogP) is 3.48. The molecule has 0 bridgehead atoms. The lowest BCUT2D eigenvalue weighted by atomic mass is 10.1. The zero-order valence-corrected chi connectivity index (χ0v) is 11.3. The largest absolute Gasteiger partial charge is 0.480 e. The molecule has 0 fully saturated rings. The van der Waals surface area contributed by atoms with Gasteiger partial charge in [0.1, 0.15) is 5.25 Å². The smallest absolute Gasteiger partial charge is 0.321 e. The molecule has 2 N–H and O–H groups in total. The Balaban J connectivity index is 1.92. The van der Waals surface area contributed by atoms with Crippen LogP contribution in [0.5, 0.6) is 0 Å². The lowest BCUT2D eigenvalue weighted by Gasteiger charge is -2.10. The van der Waals surface area contributed by atoms with Gasteiger partial charge in [0.05, 0.1) is 11.0 Å². The van der Waals surface area contributed by atoms with Crippen LogP contribution in [-0.4, -0.2) is 21.0 Å². The Morgan fingerprint density at radius 2 is 1.80 bits per heavy atom. The average molecular weight is 284 g/mol. The first-order chi connectivity index (χ1) is 9.74. The van der Waals surface area contributed by atoms with Crippen molar-refractivity contribution in [2.75, 3.05) is 0 Å². The molecule has 0 amide bonds. The highest BCUT2D eigenvalue weighted by molar-refractivity contribution is 8.00. The second-order valence-corrected chi connectivity index (χ2v) is 5.40. The number of rotatable bonds is 4. The minimum Gasteiger partial charge on any atom is -0.480 e. The fourth-order valence-corrected chi connectivity index (χ4v) is 2.92. The van der Waals surface area contributed by atoms with Gasteiger partial charge >= 0.3 is 5.97 Å². The van der Waals surface area contributed by atoms with Crippen molar-refractivity contribution in [1.82, 2.24) is 9.97 Å². The fourth-order valence-electron chi connectivity index (χ4n) is 1.99. The molecule has 1 unspecified atom stereocenters. The molecule has 1 aromatic heterocycles. The van der Waals surface area contributed by atoms with E-state index in [1.54, 1.807) is 0 Å². The minimum atomic E-state index is -0.873. The molecule has 0 saturated heterocycles. The van der Waals surface area contributed by atoms with Gasteiger partial charge in [-0.1, -0.05) is 54.2 Å². The van der Waals surface area contributed by atoms with E-state index in [-0.39, 0.29) is 0 Å². The summed E-state index contributed by atoms with van der Waals surface area (Å²) in [5.41, 5.74) is 2.50. The van der Waals surface area contributed by atoms with Crippen LogP contribution in [0.4, 0.5) is 0 Å². The number of aromatic nitrogens is 2. The van der Waals surface area contributed by atoms with Crippen molar-refractivity contribution in [3.05, 3.63) is 60.2 Å². The first-order valence-corrected chi connectivity index (χ1v) is 7.01. The van der Waals surface area contributed by atoms with Crippen LogP contribution in [0.3, 0.4) is 0 Å². The van der Waals surface area contributed by atoms with Gasteiger partial charge < -0.3 is 10.1 Å². The number of nitrogens with zero attached hydrogens (tertiary/aromatic N) is 1. The fraction of sp³-hybridized carbons (Fsp3) is 0.0667. The number of fused-ring (bicyclic) bond motifs is 1. The number of para-hydroxylation sites is 2. The molecule has 0 aliphatic heterocycles. The summed E-state index contributed by atoms with van der Waals surface area (Å²) in [4.78, 5) is 19.0. The average Bonchev–Trinajstić information content (AvgIpc) is 2.88. The molecule has 0 spiro atoms. The summed E-state index contributed by atoms with van der Waals surface area (Å²) in [5, 5.41) is 9.34. The molecule has 2 aromatic carbocycles. The molecular formula is C15H12N2O2S. The first kappa shape index (κ1) is 12.7. The summed E-state index contributed by atoms with van der Waals surface area (Å²) in [6, 6.07) is 16.8. The third kappa shape index (κ3) is 2.53. The van der Waals surface area contributed by atoms with Crippen molar-refractivity contribution in [1.29, 1.82) is 0 Å². The van der Waals surface area contributed by atoms with E-state index in [2.05, 4.69) is 9.97 Å². The number of aromatic amines is 1. The Kier molecular flexibility index (Phi) is 3.43. The molecule has 0 aliphatic carbocycles. The summed E-state index contributed by atoms with van der Waals surface area (Å²) < 4.78 is 0. The van der Waals surface area contributed by atoms with E-state index in [9.17, 15) is 9.90 Å². The summed E-state index contributed by atoms with van der Waals surface area (Å²) in [5.74, 6) is -0.873. The number of carbonyl (C=O) groups is 1. The van der Waals surface area contributed by atoms with Crippen LogP contribution in [0.15, 0.2) is 59.8 Å². The van der Waals surface area contributed by atoms with Crippen molar-refractivity contribution in [2.24, 2.45) is 0 Å². The molecular weight excluding hydrogens is 272 g/mol. The van der Waals surface area contributed by atoms with Gasteiger partial charge in [-0.2, -0.15) is 0 Å². The number of hydrogen-bond acceptors (Lipinski definition) is 3. The van der Waals surface area contributed by atoms with Gasteiger partial charge in [-0.3, -0.25) is 4.79 Å². The maximum absolute atomic E-state index is 11.5. The molecule has 100 valence electrons. The molecule has 1 heterocycles. The number of carboxylic acid groups (broad SMARTS) is 1. The van der Waals surface area contributed by atoms with Crippen molar-refractivity contribution in [2.45, 2.75) is 10.4 Å². The Bertz CT molecular complexity index is 707. The minimum absolute atomic E-state index is 0.613. The second kappa shape index (κ2) is 5.38. The standard InChI is InChI=1S/C15H12N2O2S/c18-14(19)13(10-6-2-1-3-7-10)20-15-16-11-8-4-5-9-12(11)17-15/h1-9,13H,(H,16,17)(H,18,19). The maximum atomic E-state index is 11.5.